The lowest BCUT2D eigenvalue weighted by Crippen LogP contribution is -2.36. The van der Waals surface area contributed by atoms with Gasteiger partial charge in [0.1, 0.15) is 5.82 Å². The normalized spacial score (nSPS) is 12.1. The maximum absolute atomic E-state index is 13.0. The largest absolute Gasteiger partial charge is 0.335 e. The van der Waals surface area contributed by atoms with Crippen molar-refractivity contribution in [3.05, 3.63) is 48.5 Å². The molecule has 1 aromatic carbocycles. The number of carbonyl (C=O) groups is 1. The lowest BCUT2D eigenvalue weighted by Gasteiger charge is -2.16. The minimum atomic E-state index is -0.261. The van der Waals surface area contributed by atoms with E-state index >= 15 is 0 Å². The third-order valence-electron chi connectivity index (χ3n) is 3.83. The van der Waals surface area contributed by atoms with Crippen molar-refractivity contribution >= 4 is 6.03 Å². The summed E-state index contributed by atoms with van der Waals surface area (Å²) in [6.07, 6.45) is 7.69. The lowest BCUT2D eigenvalue weighted by molar-refractivity contribution is 0.237. The third kappa shape index (κ3) is 4.20. The Morgan fingerprint density at radius 3 is 2.55 bits per heavy atom. The number of unbranched alkanes of at least 4 members (excludes halogenated alkanes) is 1. The Labute approximate surface area is 131 Å². The number of carbonyl (C=O) groups excluding carboxylic acids is 1. The molecule has 1 heterocycles. The van der Waals surface area contributed by atoms with Crippen LogP contribution < -0.4 is 5.32 Å². The standard InChI is InChI=1S/C18H23FN2O/c1-3-5-6-17(4-2)20-18(22)21-12-11-15(13-21)14-7-9-16(19)10-8-14/h7-13,17H,3-6H2,1-2H3,(H,20,22). The number of hydrogen-bond acceptors (Lipinski definition) is 1. The quantitative estimate of drug-likeness (QED) is 0.815. The molecule has 2 aromatic rings. The summed E-state index contributed by atoms with van der Waals surface area (Å²) in [4.78, 5) is 12.3. The molecule has 1 amide bonds. The van der Waals surface area contributed by atoms with Crippen LogP contribution in [0.15, 0.2) is 42.7 Å². The van der Waals surface area contributed by atoms with Crippen LogP contribution in [0, 0.1) is 5.82 Å². The molecule has 0 fully saturated rings. The fourth-order valence-electron chi connectivity index (χ4n) is 2.41. The van der Waals surface area contributed by atoms with Gasteiger partial charge >= 0.3 is 6.03 Å². The van der Waals surface area contributed by atoms with Crippen molar-refractivity contribution in [1.29, 1.82) is 0 Å². The second kappa shape index (κ2) is 7.78. The number of nitrogens with zero attached hydrogens (tertiary/aromatic N) is 1. The number of halogens is 1. The van der Waals surface area contributed by atoms with Gasteiger partial charge in [-0.3, -0.25) is 4.57 Å². The van der Waals surface area contributed by atoms with E-state index in [-0.39, 0.29) is 17.9 Å². The molecule has 4 heteroatoms. The van der Waals surface area contributed by atoms with E-state index in [4.69, 9.17) is 0 Å². The van der Waals surface area contributed by atoms with Gasteiger partial charge in [-0.1, -0.05) is 38.8 Å². The molecule has 1 unspecified atom stereocenters. The Morgan fingerprint density at radius 1 is 1.18 bits per heavy atom. The third-order valence-corrected chi connectivity index (χ3v) is 3.83. The lowest BCUT2D eigenvalue weighted by atomic mass is 10.1. The molecule has 0 saturated heterocycles. The number of benzene rings is 1. The summed E-state index contributed by atoms with van der Waals surface area (Å²) in [5.74, 6) is -0.261. The summed E-state index contributed by atoms with van der Waals surface area (Å²) in [5, 5.41) is 3.06. The molecular weight excluding hydrogens is 279 g/mol. The van der Waals surface area contributed by atoms with Crippen LogP contribution >= 0.6 is 0 Å². The Balaban J connectivity index is 2.03. The van der Waals surface area contributed by atoms with Crippen LogP contribution in [0.25, 0.3) is 11.1 Å². The molecular formula is C18H23FN2O. The van der Waals surface area contributed by atoms with Crippen molar-refractivity contribution in [1.82, 2.24) is 9.88 Å². The maximum Gasteiger partial charge on any atom is 0.325 e. The van der Waals surface area contributed by atoms with E-state index in [2.05, 4.69) is 19.2 Å². The van der Waals surface area contributed by atoms with E-state index in [9.17, 15) is 9.18 Å². The predicted molar refractivity (Wildman–Crippen MR) is 87.4 cm³/mol. The van der Waals surface area contributed by atoms with E-state index in [1.807, 2.05) is 6.07 Å². The molecule has 0 bridgehead atoms. The highest BCUT2D eigenvalue weighted by Crippen LogP contribution is 2.20. The minimum Gasteiger partial charge on any atom is -0.335 e. The summed E-state index contributed by atoms with van der Waals surface area (Å²) >= 11 is 0. The van der Waals surface area contributed by atoms with Crippen LogP contribution in [0.3, 0.4) is 0 Å². The minimum absolute atomic E-state index is 0.115. The second-order valence-corrected chi connectivity index (χ2v) is 5.51. The monoisotopic (exact) mass is 302 g/mol. The first-order chi connectivity index (χ1) is 10.6. The van der Waals surface area contributed by atoms with Gasteiger partial charge in [-0.05, 0) is 42.2 Å². The van der Waals surface area contributed by atoms with Gasteiger partial charge in [0.05, 0.1) is 0 Å². The van der Waals surface area contributed by atoms with Crippen LogP contribution in [-0.2, 0) is 0 Å². The Morgan fingerprint density at radius 2 is 1.91 bits per heavy atom. The topological polar surface area (TPSA) is 34.0 Å². The van der Waals surface area contributed by atoms with Crippen molar-refractivity contribution in [2.75, 3.05) is 0 Å². The zero-order chi connectivity index (χ0) is 15.9. The molecule has 22 heavy (non-hydrogen) atoms. The van der Waals surface area contributed by atoms with Crippen LogP contribution in [-0.4, -0.2) is 16.6 Å². The van der Waals surface area contributed by atoms with Crippen LogP contribution in [0.4, 0.5) is 9.18 Å². The van der Waals surface area contributed by atoms with Gasteiger partial charge in [0.2, 0.25) is 0 Å². The van der Waals surface area contributed by atoms with Gasteiger partial charge < -0.3 is 5.32 Å². The van der Waals surface area contributed by atoms with E-state index < -0.39 is 0 Å². The van der Waals surface area contributed by atoms with Crippen molar-refractivity contribution in [2.45, 2.75) is 45.6 Å². The van der Waals surface area contributed by atoms with Gasteiger partial charge in [0, 0.05) is 18.4 Å². The molecule has 1 N–H and O–H groups in total. The van der Waals surface area contributed by atoms with Crippen molar-refractivity contribution < 1.29 is 9.18 Å². The summed E-state index contributed by atoms with van der Waals surface area (Å²) < 4.78 is 14.5. The Hall–Kier alpha value is -2.10. The fraction of sp³-hybridized carbons (Fsp3) is 0.389. The number of aromatic nitrogens is 1. The zero-order valence-corrected chi connectivity index (χ0v) is 13.2. The van der Waals surface area contributed by atoms with Crippen molar-refractivity contribution in [3.63, 3.8) is 0 Å². The number of rotatable bonds is 6. The molecule has 0 aliphatic carbocycles. The fourth-order valence-corrected chi connectivity index (χ4v) is 2.41. The van der Waals surface area contributed by atoms with Crippen LogP contribution in [0.5, 0.6) is 0 Å². The highest BCUT2D eigenvalue weighted by atomic mass is 19.1. The molecule has 0 spiro atoms. The molecule has 0 aliphatic rings. The molecule has 0 aliphatic heterocycles. The van der Waals surface area contributed by atoms with Gasteiger partial charge in [0.15, 0.2) is 0 Å². The van der Waals surface area contributed by atoms with Gasteiger partial charge in [0.25, 0.3) is 0 Å². The summed E-state index contributed by atoms with van der Waals surface area (Å²) in [6.45, 7) is 4.23. The Bertz CT molecular complexity index is 604. The van der Waals surface area contributed by atoms with E-state index in [0.29, 0.717) is 0 Å². The number of hydrogen-bond donors (Lipinski definition) is 1. The van der Waals surface area contributed by atoms with Gasteiger partial charge in [-0.2, -0.15) is 0 Å². The van der Waals surface area contributed by atoms with Crippen molar-refractivity contribution in [2.24, 2.45) is 0 Å². The number of amides is 1. The predicted octanol–water partition coefficient (Wildman–Crippen LogP) is 4.82. The highest BCUT2D eigenvalue weighted by molar-refractivity contribution is 5.79. The summed E-state index contributed by atoms with van der Waals surface area (Å²) in [5.41, 5.74) is 1.79. The smallest absolute Gasteiger partial charge is 0.325 e. The molecule has 118 valence electrons. The van der Waals surface area contributed by atoms with E-state index in [1.165, 1.54) is 12.1 Å². The van der Waals surface area contributed by atoms with Gasteiger partial charge in [-0.25, -0.2) is 9.18 Å². The molecule has 3 nitrogen and oxygen atoms in total. The maximum atomic E-state index is 13.0. The first-order valence-corrected chi connectivity index (χ1v) is 7.88. The second-order valence-electron chi connectivity index (χ2n) is 5.51. The van der Waals surface area contributed by atoms with E-state index in [0.717, 1.165) is 36.8 Å². The van der Waals surface area contributed by atoms with Crippen LogP contribution in [0.2, 0.25) is 0 Å². The van der Waals surface area contributed by atoms with Crippen molar-refractivity contribution in [3.8, 4) is 11.1 Å². The molecule has 0 saturated carbocycles. The highest BCUT2D eigenvalue weighted by Gasteiger charge is 2.12. The first kappa shape index (κ1) is 16.3. The SMILES string of the molecule is CCCCC(CC)NC(=O)n1ccc(-c2ccc(F)cc2)c1. The molecule has 2 rings (SSSR count). The van der Waals surface area contributed by atoms with E-state index in [1.54, 1.807) is 29.1 Å². The Kier molecular flexibility index (Phi) is 5.75. The average Bonchev–Trinajstić information content (AvgIpc) is 3.02. The average molecular weight is 302 g/mol. The molecule has 0 radical (unpaired) electrons. The van der Waals surface area contributed by atoms with Gasteiger partial charge in [-0.15, -0.1) is 0 Å². The number of nitrogens with one attached hydrogen (secondary N) is 1. The first-order valence-electron chi connectivity index (χ1n) is 7.88. The van der Waals surface area contributed by atoms with Crippen LogP contribution in [0.1, 0.15) is 39.5 Å². The summed E-state index contributed by atoms with van der Waals surface area (Å²) in [6, 6.07) is 8.22. The molecule has 1 atom stereocenters. The molecule has 1 aromatic heterocycles. The zero-order valence-electron chi connectivity index (χ0n) is 13.2. The summed E-state index contributed by atoms with van der Waals surface area (Å²) in [7, 11) is 0.